The van der Waals surface area contributed by atoms with E-state index in [-0.39, 0.29) is 5.56 Å². The van der Waals surface area contributed by atoms with Crippen LogP contribution in [0.25, 0.3) is 0 Å². The molecule has 0 saturated carbocycles. The summed E-state index contributed by atoms with van der Waals surface area (Å²) in [6.07, 6.45) is -2.73. The summed E-state index contributed by atoms with van der Waals surface area (Å²) in [5.41, 5.74) is -0.752. The van der Waals surface area contributed by atoms with Crippen LogP contribution in [-0.2, 0) is 6.18 Å². The van der Waals surface area contributed by atoms with Crippen LogP contribution in [0.1, 0.15) is 17.5 Å². The third-order valence-electron chi connectivity index (χ3n) is 1.88. The molecule has 2 nitrogen and oxygen atoms in total. The summed E-state index contributed by atoms with van der Waals surface area (Å²) in [6, 6.07) is 0.904. The van der Waals surface area contributed by atoms with Crippen molar-refractivity contribution >= 4 is 11.6 Å². The number of halogens is 4. The van der Waals surface area contributed by atoms with E-state index in [0.29, 0.717) is 13.0 Å². The molecule has 0 atom stereocenters. The van der Waals surface area contributed by atoms with Gasteiger partial charge in [0.2, 0.25) is 0 Å². The Bertz CT molecular complexity index is 446. The molecule has 1 aromatic heterocycles. The minimum absolute atomic E-state index is 0.206. The maximum atomic E-state index is 12.5. The third-order valence-corrected chi connectivity index (χ3v) is 2.18. The van der Waals surface area contributed by atoms with Crippen LogP contribution >= 0.6 is 11.6 Å². The van der Waals surface area contributed by atoms with Crippen LogP contribution in [0.15, 0.2) is 12.3 Å². The lowest BCUT2D eigenvalue weighted by molar-refractivity contribution is -0.137. The SMILES string of the molecule is CNCCC#Cc1cnc(Cl)c(C(F)(F)F)c1. The molecular weight excluding hydrogens is 253 g/mol. The van der Waals surface area contributed by atoms with Crippen molar-refractivity contribution in [1.82, 2.24) is 10.3 Å². The van der Waals surface area contributed by atoms with Gasteiger partial charge in [0.15, 0.2) is 0 Å². The van der Waals surface area contributed by atoms with Gasteiger partial charge in [-0.05, 0) is 13.1 Å². The molecule has 1 aromatic rings. The molecule has 0 spiro atoms. The second kappa shape index (κ2) is 5.89. The van der Waals surface area contributed by atoms with E-state index in [1.54, 1.807) is 7.05 Å². The highest BCUT2D eigenvalue weighted by Crippen LogP contribution is 2.33. The zero-order chi connectivity index (χ0) is 12.9. The average molecular weight is 263 g/mol. The van der Waals surface area contributed by atoms with Gasteiger partial charge >= 0.3 is 6.18 Å². The monoisotopic (exact) mass is 262 g/mol. The number of rotatable bonds is 2. The Morgan fingerprint density at radius 1 is 1.47 bits per heavy atom. The molecule has 0 unspecified atom stereocenters. The summed E-state index contributed by atoms with van der Waals surface area (Å²) in [7, 11) is 1.77. The summed E-state index contributed by atoms with van der Waals surface area (Å²) < 4.78 is 37.5. The normalized spacial score (nSPS) is 10.9. The highest BCUT2D eigenvalue weighted by Gasteiger charge is 2.34. The van der Waals surface area contributed by atoms with Crippen molar-refractivity contribution in [3.8, 4) is 11.8 Å². The summed E-state index contributed by atoms with van der Waals surface area (Å²) in [5, 5.41) is 2.32. The van der Waals surface area contributed by atoms with Crippen molar-refractivity contribution in [3.05, 3.63) is 28.5 Å². The van der Waals surface area contributed by atoms with Gasteiger partial charge in [0, 0.05) is 24.7 Å². The second-order valence-electron chi connectivity index (χ2n) is 3.22. The van der Waals surface area contributed by atoms with Crippen molar-refractivity contribution in [2.45, 2.75) is 12.6 Å². The summed E-state index contributed by atoms with van der Waals surface area (Å²) in [5.74, 6) is 5.35. The standard InChI is InChI=1S/C11H10ClF3N2/c1-16-5-3-2-4-8-6-9(11(13,14)15)10(12)17-7-8/h6-7,16H,3,5H2,1H3. The minimum Gasteiger partial charge on any atom is -0.319 e. The first-order valence-corrected chi connectivity index (χ1v) is 5.19. The number of alkyl halides is 3. The van der Waals surface area contributed by atoms with Crippen LogP contribution in [0, 0.1) is 11.8 Å². The number of hydrogen-bond acceptors (Lipinski definition) is 2. The van der Waals surface area contributed by atoms with Gasteiger partial charge in [0.25, 0.3) is 0 Å². The molecule has 0 bridgehead atoms. The first-order valence-electron chi connectivity index (χ1n) is 4.81. The molecule has 6 heteroatoms. The third kappa shape index (κ3) is 4.25. The Morgan fingerprint density at radius 3 is 2.76 bits per heavy atom. The van der Waals surface area contributed by atoms with Crippen molar-refractivity contribution in [2.24, 2.45) is 0 Å². The maximum Gasteiger partial charge on any atom is 0.419 e. The lowest BCUT2D eigenvalue weighted by atomic mass is 10.2. The Morgan fingerprint density at radius 2 is 2.18 bits per heavy atom. The summed E-state index contributed by atoms with van der Waals surface area (Å²) in [4.78, 5) is 3.47. The maximum absolute atomic E-state index is 12.5. The van der Waals surface area contributed by atoms with Gasteiger partial charge in [0.05, 0.1) is 5.56 Å². The lowest BCUT2D eigenvalue weighted by Crippen LogP contribution is -2.07. The van der Waals surface area contributed by atoms with Crippen molar-refractivity contribution < 1.29 is 13.2 Å². The van der Waals surface area contributed by atoms with Crippen LogP contribution in [0.3, 0.4) is 0 Å². The van der Waals surface area contributed by atoms with Gasteiger partial charge in [-0.15, -0.1) is 0 Å². The zero-order valence-electron chi connectivity index (χ0n) is 9.03. The van der Waals surface area contributed by atoms with Crippen molar-refractivity contribution in [3.63, 3.8) is 0 Å². The molecule has 1 rings (SSSR count). The van der Waals surface area contributed by atoms with Gasteiger partial charge in [-0.25, -0.2) is 4.98 Å². The molecule has 0 aromatic carbocycles. The molecule has 0 aliphatic rings. The molecule has 1 N–H and O–H groups in total. The van der Waals surface area contributed by atoms with Crippen LogP contribution in [0.5, 0.6) is 0 Å². The van der Waals surface area contributed by atoms with Gasteiger partial charge in [0.1, 0.15) is 5.15 Å². The Kier molecular flexibility index (Phi) is 4.79. The van der Waals surface area contributed by atoms with Crippen LogP contribution in [-0.4, -0.2) is 18.6 Å². The van der Waals surface area contributed by atoms with Gasteiger partial charge < -0.3 is 5.32 Å². The minimum atomic E-state index is -4.51. The van der Waals surface area contributed by atoms with Gasteiger partial charge in [-0.3, -0.25) is 0 Å². The van der Waals surface area contributed by atoms with Gasteiger partial charge in [-0.1, -0.05) is 23.4 Å². The molecule has 0 fully saturated rings. The van der Waals surface area contributed by atoms with Crippen molar-refractivity contribution in [1.29, 1.82) is 0 Å². The first kappa shape index (κ1) is 13.8. The summed E-state index contributed by atoms with van der Waals surface area (Å²) >= 11 is 5.38. The first-order chi connectivity index (χ1) is 7.95. The molecule has 92 valence electrons. The van der Waals surface area contributed by atoms with Crippen LogP contribution < -0.4 is 5.32 Å². The van der Waals surface area contributed by atoms with E-state index in [1.807, 2.05) is 0 Å². The van der Waals surface area contributed by atoms with E-state index in [2.05, 4.69) is 22.1 Å². The predicted octanol–water partition coefficient (Wildman–Crippen LogP) is 2.71. The summed E-state index contributed by atoms with van der Waals surface area (Å²) in [6.45, 7) is 0.681. The van der Waals surface area contributed by atoms with E-state index >= 15 is 0 Å². The van der Waals surface area contributed by atoms with E-state index < -0.39 is 16.9 Å². The van der Waals surface area contributed by atoms with E-state index in [9.17, 15) is 13.2 Å². The fourth-order valence-corrected chi connectivity index (χ4v) is 1.28. The fourth-order valence-electron chi connectivity index (χ4n) is 1.07. The highest BCUT2D eigenvalue weighted by atomic mass is 35.5. The molecule has 0 radical (unpaired) electrons. The topological polar surface area (TPSA) is 24.9 Å². The fraction of sp³-hybridized carbons (Fsp3) is 0.364. The molecule has 0 amide bonds. The largest absolute Gasteiger partial charge is 0.419 e. The molecule has 1 heterocycles. The number of pyridine rings is 1. The second-order valence-corrected chi connectivity index (χ2v) is 3.57. The van der Waals surface area contributed by atoms with E-state index in [0.717, 1.165) is 6.07 Å². The van der Waals surface area contributed by atoms with Gasteiger partial charge in [-0.2, -0.15) is 13.2 Å². The molecule has 0 aliphatic heterocycles. The van der Waals surface area contributed by atoms with E-state index in [4.69, 9.17) is 11.6 Å². The Labute approximate surface area is 102 Å². The highest BCUT2D eigenvalue weighted by molar-refractivity contribution is 6.30. The Hall–Kier alpha value is -1.25. The average Bonchev–Trinajstić information content (AvgIpc) is 2.25. The molecule has 0 saturated heterocycles. The zero-order valence-corrected chi connectivity index (χ0v) is 9.78. The lowest BCUT2D eigenvalue weighted by Gasteiger charge is -2.07. The van der Waals surface area contributed by atoms with E-state index in [1.165, 1.54) is 6.20 Å². The molecule has 17 heavy (non-hydrogen) atoms. The van der Waals surface area contributed by atoms with Crippen molar-refractivity contribution in [2.75, 3.05) is 13.6 Å². The molecular formula is C11H10ClF3N2. The molecule has 0 aliphatic carbocycles. The van der Waals surface area contributed by atoms with Crippen LogP contribution in [0.2, 0.25) is 5.15 Å². The smallest absolute Gasteiger partial charge is 0.319 e. The predicted molar refractivity (Wildman–Crippen MR) is 59.7 cm³/mol. The number of nitrogens with zero attached hydrogens (tertiary/aromatic N) is 1. The number of nitrogens with one attached hydrogen (secondary N) is 1. The quantitative estimate of drug-likeness (QED) is 0.504. The Balaban J connectivity index is 2.92. The number of aromatic nitrogens is 1. The van der Waals surface area contributed by atoms with Crippen LogP contribution in [0.4, 0.5) is 13.2 Å². The number of hydrogen-bond donors (Lipinski definition) is 1.